The molecule has 0 aromatic rings. The largest absolute Gasteiger partial charge is 0.340 e. The first-order chi connectivity index (χ1) is 8.66. The fraction of sp³-hybridized carbons (Fsp3) is 0.923. The first kappa shape index (κ1) is 13.8. The van der Waals surface area contributed by atoms with Crippen LogP contribution >= 0.6 is 0 Å². The highest BCUT2D eigenvalue weighted by Crippen LogP contribution is 2.06. The predicted molar refractivity (Wildman–Crippen MR) is 72.6 cm³/mol. The average molecular weight is 254 g/mol. The normalized spacial score (nSPS) is 28.4. The Morgan fingerprint density at radius 1 is 1.17 bits per heavy atom. The molecule has 18 heavy (non-hydrogen) atoms. The molecule has 0 aromatic carbocycles. The van der Waals surface area contributed by atoms with Gasteiger partial charge in [0.05, 0.1) is 0 Å². The van der Waals surface area contributed by atoms with Crippen molar-refractivity contribution in [3.8, 4) is 0 Å². The molecule has 0 aromatic heterocycles. The Hall–Kier alpha value is -0.650. The number of hydrogen-bond acceptors (Lipinski definition) is 4. The van der Waals surface area contributed by atoms with Crippen LogP contribution in [-0.2, 0) is 4.79 Å². The van der Waals surface area contributed by atoms with Gasteiger partial charge in [-0.1, -0.05) is 6.92 Å². The Labute approximate surface area is 110 Å². The summed E-state index contributed by atoms with van der Waals surface area (Å²) in [6, 6.07) is 0. The van der Waals surface area contributed by atoms with Crippen molar-refractivity contribution in [2.75, 3.05) is 66.0 Å². The van der Waals surface area contributed by atoms with E-state index in [1.807, 2.05) is 11.8 Å². The summed E-state index contributed by atoms with van der Waals surface area (Å²) in [5.41, 5.74) is 0. The lowest BCUT2D eigenvalue weighted by Gasteiger charge is -2.34. The highest BCUT2D eigenvalue weighted by atomic mass is 16.2. The molecule has 2 fully saturated rings. The van der Waals surface area contributed by atoms with E-state index < -0.39 is 0 Å². The number of rotatable bonds is 3. The van der Waals surface area contributed by atoms with Gasteiger partial charge in [-0.3, -0.25) is 9.69 Å². The summed E-state index contributed by atoms with van der Waals surface area (Å²) in [5, 5.41) is 3.32. The highest BCUT2D eigenvalue weighted by Gasteiger charge is 2.23. The van der Waals surface area contributed by atoms with Gasteiger partial charge < -0.3 is 15.1 Å². The van der Waals surface area contributed by atoms with Crippen molar-refractivity contribution in [2.24, 2.45) is 5.92 Å². The zero-order chi connectivity index (χ0) is 13.0. The molecule has 2 saturated heterocycles. The van der Waals surface area contributed by atoms with Gasteiger partial charge in [0.15, 0.2) is 0 Å². The van der Waals surface area contributed by atoms with Crippen molar-refractivity contribution in [3.63, 3.8) is 0 Å². The fourth-order valence-corrected chi connectivity index (χ4v) is 2.60. The second-order valence-electron chi connectivity index (χ2n) is 5.58. The third-order valence-electron chi connectivity index (χ3n) is 4.02. The molecule has 1 N–H and O–H groups in total. The number of likely N-dealkylation sites (N-methyl/N-ethyl adjacent to an activating group) is 1. The molecule has 2 rings (SSSR count). The van der Waals surface area contributed by atoms with E-state index in [0.29, 0.717) is 5.91 Å². The molecule has 5 nitrogen and oxygen atoms in total. The van der Waals surface area contributed by atoms with Crippen LogP contribution < -0.4 is 5.32 Å². The van der Waals surface area contributed by atoms with E-state index in [4.69, 9.17) is 0 Å². The molecule has 1 amide bonds. The Morgan fingerprint density at radius 3 is 2.61 bits per heavy atom. The van der Waals surface area contributed by atoms with Gasteiger partial charge in [-0.2, -0.15) is 0 Å². The molecule has 2 aliphatic rings. The van der Waals surface area contributed by atoms with Gasteiger partial charge in [0, 0.05) is 64.8 Å². The van der Waals surface area contributed by atoms with E-state index in [1.54, 1.807) is 0 Å². The van der Waals surface area contributed by atoms with Crippen LogP contribution in [0.1, 0.15) is 6.92 Å². The molecule has 0 spiro atoms. The number of nitrogens with zero attached hydrogens (tertiary/aromatic N) is 3. The predicted octanol–water partition coefficient (Wildman–Crippen LogP) is -0.698. The number of piperazine rings is 1. The van der Waals surface area contributed by atoms with Crippen molar-refractivity contribution in [3.05, 3.63) is 0 Å². The van der Waals surface area contributed by atoms with E-state index in [2.05, 4.69) is 22.2 Å². The molecule has 0 radical (unpaired) electrons. The van der Waals surface area contributed by atoms with Crippen LogP contribution in [0, 0.1) is 5.92 Å². The Kier molecular flexibility index (Phi) is 4.97. The van der Waals surface area contributed by atoms with Crippen LogP contribution in [0.5, 0.6) is 0 Å². The molecule has 2 aliphatic heterocycles. The highest BCUT2D eigenvalue weighted by molar-refractivity contribution is 5.79. The maximum Gasteiger partial charge on any atom is 0.226 e. The summed E-state index contributed by atoms with van der Waals surface area (Å²) in [6.45, 7) is 11.1. The minimum absolute atomic E-state index is 0.125. The lowest BCUT2D eigenvalue weighted by molar-refractivity contribution is -0.134. The van der Waals surface area contributed by atoms with Gasteiger partial charge >= 0.3 is 0 Å². The quantitative estimate of drug-likeness (QED) is 0.723. The van der Waals surface area contributed by atoms with Crippen LogP contribution in [0.25, 0.3) is 0 Å². The molecule has 5 heteroatoms. The van der Waals surface area contributed by atoms with Crippen molar-refractivity contribution < 1.29 is 4.79 Å². The Balaban J connectivity index is 1.76. The van der Waals surface area contributed by atoms with E-state index in [1.165, 1.54) is 0 Å². The molecule has 2 heterocycles. The second kappa shape index (κ2) is 6.50. The van der Waals surface area contributed by atoms with Gasteiger partial charge in [-0.15, -0.1) is 0 Å². The van der Waals surface area contributed by atoms with E-state index in [-0.39, 0.29) is 5.92 Å². The molecule has 1 atom stereocenters. The molecule has 0 aliphatic carbocycles. The van der Waals surface area contributed by atoms with E-state index in [0.717, 1.165) is 58.9 Å². The van der Waals surface area contributed by atoms with Crippen LogP contribution in [0.3, 0.4) is 0 Å². The zero-order valence-electron chi connectivity index (χ0n) is 11.7. The first-order valence-electron chi connectivity index (χ1n) is 7.07. The first-order valence-corrected chi connectivity index (χ1v) is 7.07. The van der Waals surface area contributed by atoms with Crippen molar-refractivity contribution >= 4 is 5.91 Å². The number of hydrogen-bond donors (Lipinski definition) is 1. The molecule has 1 unspecified atom stereocenters. The monoisotopic (exact) mass is 254 g/mol. The Bertz CT molecular complexity index is 276. The maximum absolute atomic E-state index is 12.1. The van der Waals surface area contributed by atoms with Gasteiger partial charge in [0.25, 0.3) is 0 Å². The van der Waals surface area contributed by atoms with Crippen LogP contribution in [-0.4, -0.2) is 86.6 Å². The molecule has 104 valence electrons. The lowest BCUT2D eigenvalue weighted by Crippen LogP contribution is -2.48. The number of nitrogens with one attached hydrogen (secondary N) is 1. The summed E-state index contributed by atoms with van der Waals surface area (Å²) >= 11 is 0. The number of carbonyl (C=O) groups excluding carboxylic acids is 1. The zero-order valence-corrected chi connectivity index (χ0v) is 11.7. The van der Waals surface area contributed by atoms with Crippen molar-refractivity contribution in [1.29, 1.82) is 0 Å². The summed E-state index contributed by atoms with van der Waals surface area (Å²) in [6.07, 6.45) is 0. The van der Waals surface area contributed by atoms with Crippen LogP contribution in [0.15, 0.2) is 0 Å². The van der Waals surface area contributed by atoms with Crippen molar-refractivity contribution in [1.82, 2.24) is 20.0 Å². The molecule has 0 bridgehead atoms. The second-order valence-corrected chi connectivity index (χ2v) is 5.58. The summed E-state index contributed by atoms with van der Waals surface area (Å²) in [5.74, 6) is 0.439. The number of carbonyl (C=O) groups is 1. The molecular weight excluding hydrogens is 228 g/mol. The summed E-state index contributed by atoms with van der Waals surface area (Å²) < 4.78 is 0. The summed E-state index contributed by atoms with van der Waals surface area (Å²) in [4.78, 5) is 19.0. The van der Waals surface area contributed by atoms with Gasteiger partial charge in [-0.05, 0) is 7.05 Å². The molecule has 0 saturated carbocycles. The van der Waals surface area contributed by atoms with Gasteiger partial charge in [0.1, 0.15) is 0 Å². The topological polar surface area (TPSA) is 38.8 Å². The molecular formula is C13H26N4O. The fourth-order valence-electron chi connectivity index (χ4n) is 2.60. The van der Waals surface area contributed by atoms with E-state index in [9.17, 15) is 4.79 Å². The van der Waals surface area contributed by atoms with Crippen LogP contribution in [0.2, 0.25) is 0 Å². The third kappa shape index (κ3) is 3.67. The van der Waals surface area contributed by atoms with Crippen LogP contribution in [0.4, 0.5) is 0 Å². The smallest absolute Gasteiger partial charge is 0.226 e. The van der Waals surface area contributed by atoms with E-state index >= 15 is 0 Å². The minimum atomic E-state index is 0.125. The van der Waals surface area contributed by atoms with Gasteiger partial charge in [0.2, 0.25) is 5.91 Å². The SMILES string of the molecule is CC1CNCCN(CCN2CCN(C)CC2)C1=O. The van der Waals surface area contributed by atoms with Gasteiger partial charge in [-0.25, -0.2) is 0 Å². The maximum atomic E-state index is 12.1. The standard InChI is InChI=1S/C13H26N4O/c1-12-11-14-3-4-17(13(12)18)10-9-16-7-5-15(2)6-8-16/h12,14H,3-11H2,1-2H3. The Morgan fingerprint density at radius 2 is 1.89 bits per heavy atom. The third-order valence-corrected chi connectivity index (χ3v) is 4.02. The average Bonchev–Trinajstić information content (AvgIpc) is 2.53. The van der Waals surface area contributed by atoms with Crippen molar-refractivity contribution in [2.45, 2.75) is 6.92 Å². The minimum Gasteiger partial charge on any atom is -0.340 e. The lowest BCUT2D eigenvalue weighted by atomic mass is 10.1. The summed E-state index contributed by atoms with van der Waals surface area (Å²) in [7, 11) is 2.17. The number of amides is 1.